The zero-order valence-corrected chi connectivity index (χ0v) is 13.6. The number of rotatable bonds is 5. The van der Waals surface area contributed by atoms with Crippen molar-refractivity contribution in [3.63, 3.8) is 0 Å². The van der Waals surface area contributed by atoms with Crippen LogP contribution in [0.15, 0.2) is 59.5 Å². The van der Waals surface area contributed by atoms with E-state index >= 15 is 0 Å². The summed E-state index contributed by atoms with van der Waals surface area (Å²) in [5.41, 5.74) is 2.14. The topological polar surface area (TPSA) is 37.4 Å². The minimum absolute atomic E-state index is 0.319. The minimum atomic E-state index is -3.43. The average molecular weight is 354 g/mol. The largest absolute Gasteiger partial charge is 0.243 e. The van der Waals surface area contributed by atoms with E-state index in [4.69, 9.17) is 0 Å². The highest BCUT2D eigenvalue weighted by Crippen LogP contribution is 2.17. The summed E-state index contributed by atoms with van der Waals surface area (Å²) >= 11 is 3.39. The first-order valence-electron chi connectivity index (χ1n) is 6.19. The molecule has 0 aliphatic rings. The Labute approximate surface area is 128 Å². The quantitative estimate of drug-likeness (QED) is 0.772. The third kappa shape index (κ3) is 3.48. The molecule has 0 atom stereocenters. The molecule has 106 valence electrons. The summed E-state index contributed by atoms with van der Waals surface area (Å²) in [6.45, 7) is 0.361. The molecule has 20 heavy (non-hydrogen) atoms. The molecule has 0 heterocycles. The maximum atomic E-state index is 12.4. The van der Waals surface area contributed by atoms with E-state index in [0.717, 1.165) is 10.9 Å². The molecule has 0 saturated carbocycles. The Balaban J connectivity index is 2.16. The number of alkyl halides is 1. The van der Waals surface area contributed by atoms with Crippen LogP contribution in [-0.2, 0) is 21.9 Å². The lowest BCUT2D eigenvalue weighted by Crippen LogP contribution is -2.26. The fourth-order valence-electron chi connectivity index (χ4n) is 1.85. The van der Waals surface area contributed by atoms with E-state index in [0.29, 0.717) is 11.4 Å². The van der Waals surface area contributed by atoms with Crippen molar-refractivity contribution in [3.8, 4) is 0 Å². The van der Waals surface area contributed by atoms with Crippen LogP contribution in [-0.4, -0.2) is 19.8 Å². The number of benzene rings is 2. The molecule has 5 heteroatoms. The third-order valence-corrected chi connectivity index (χ3v) is 5.50. The van der Waals surface area contributed by atoms with Crippen LogP contribution in [0.2, 0.25) is 0 Å². The molecule has 2 rings (SSSR count). The van der Waals surface area contributed by atoms with Crippen molar-refractivity contribution >= 4 is 26.0 Å². The highest BCUT2D eigenvalue weighted by molar-refractivity contribution is 9.08. The van der Waals surface area contributed by atoms with Gasteiger partial charge >= 0.3 is 0 Å². The maximum Gasteiger partial charge on any atom is 0.243 e. The van der Waals surface area contributed by atoms with Crippen LogP contribution < -0.4 is 0 Å². The maximum absolute atomic E-state index is 12.4. The van der Waals surface area contributed by atoms with E-state index in [1.807, 2.05) is 24.3 Å². The summed E-state index contributed by atoms with van der Waals surface area (Å²) < 4.78 is 26.1. The zero-order valence-electron chi connectivity index (χ0n) is 11.2. The van der Waals surface area contributed by atoms with Crippen LogP contribution in [0, 0.1) is 0 Å². The molecule has 0 saturated heterocycles. The molecular weight excluding hydrogens is 338 g/mol. The van der Waals surface area contributed by atoms with E-state index in [1.54, 1.807) is 37.4 Å². The molecule has 3 nitrogen and oxygen atoms in total. The van der Waals surface area contributed by atoms with Crippen LogP contribution >= 0.6 is 15.9 Å². The standard InChI is InChI=1S/C15H16BrNO2S/c1-17(12-14-9-7-13(11-16)8-10-14)20(18,19)15-5-3-2-4-6-15/h2-10H,11-12H2,1H3. The van der Waals surface area contributed by atoms with Crippen molar-refractivity contribution in [2.75, 3.05) is 7.05 Å². The van der Waals surface area contributed by atoms with Crippen molar-refractivity contribution in [2.45, 2.75) is 16.8 Å². The molecule has 0 aliphatic heterocycles. The molecule has 0 radical (unpaired) electrons. The molecule has 2 aromatic rings. The fraction of sp³-hybridized carbons (Fsp3) is 0.200. The van der Waals surface area contributed by atoms with Crippen LogP contribution in [0.3, 0.4) is 0 Å². The summed E-state index contributed by atoms with van der Waals surface area (Å²) in [7, 11) is -1.83. The second kappa shape index (κ2) is 6.52. The smallest absolute Gasteiger partial charge is 0.207 e. The Hall–Kier alpha value is -1.17. The fourth-order valence-corrected chi connectivity index (χ4v) is 3.40. The van der Waals surface area contributed by atoms with Gasteiger partial charge in [-0.3, -0.25) is 0 Å². The lowest BCUT2D eigenvalue weighted by Gasteiger charge is -2.17. The highest BCUT2D eigenvalue weighted by atomic mass is 79.9. The first kappa shape index (κ1) is 15.2. The number of sulfonamides is 1. The van der Waals surface area contributed by atoms with Gasteiger partial charge in [-0.25, -0.2) is 8.42 Å². The Morgan fingerprint density at radius 3 is 2.05 bits per heavy atom. The van der Waals surface area contributed by atoms with Gasteiger partial charge in [-0.1, -0.05) is 58.4 Å². The summed E-state index contributed by atoms with van der Waals surface area (Å²) in [6, 6.07) is 16.4. The lowest BCUT2D eigenvalue weighted by atomic mass is 10.1. The van der Waals surface area contributed by atoms with Gasteiger partial charge < -0.3 is 0 Å². The van der Waals surface area contributed by atoms with Gasteiger partial charge in [-0.15, -0.1) is 0 Å². The summed E-state index contributed by atoms with van der Waals surface area (Å²) in [5.74, 6) is 0. The molecule has 0 amide bonds. The van der Waals surface area contributed by atoms with E-state index < -0.39 is 10.0 Å². The van der Waals surface area contributed by atoms with Crippen LogP contribution in [0.5, 0.6) is 0 Å². The van der Waals surface area contributed by atoms with Gasteiger partial charge in [0.05, 0.1) is 4.90 Å². The Morgan fingerprint density at radius 1 is 0.950 bits per heavy atom. The summed E-state index contributed by atoms with van der Waals surface area (Å²) in [5, 5.41) is 0.797. The van der Waals surface area contributed by atoms with Crippen LogP contribution in [0.1, 0.15) is 11.1 Å². The van der Waals surface area contributed by atoms with Crippen molar-refractivity contribution in [2.24, 2.45) is 0 Å². The van der Waals surface area contributed by atoms with Crippen molar-refractivity contribution in [3.05, 3.63) is 65.7 Å². The normalized spacial score (nSPS) is 11.8. The van der Waals surface area contributed by atoms with Crippen LogP contribution in [0.4, 0.5) is 0 Å². The molecule has 0 unspecified atom stereocenters. The zero-order chi connectivity index (χ0) is 14.6. The molecule has 0 spiro atoms. The lowest BCUT2D eigenvalue weighted by molar-refractivity contribution is 0.466. The average Bonchev–Trinajstić information content (AvgIpc) is 2.49. The van der Waals surface area contributed by atoms with Gasteiger partial charge in [0.15, 0.2) is 0 Å². The Bertz CT molecular complexity index is 654. The molecule has 2 aromatic carbocycles. The molecule has 0 aliphatic carbocycles. The molecule has 0 aromatic heterocycles. The molecule has 0 N–H and O–H groups in total. The number of halogens is 1. The van der Waals surface area contributed by atoms with E-state index in [9.17, 15) is 8.42 Å². The van der Waals surface area contributed by atoms with Gasteiger partial charge in [0.1, 0.15) is 0 Å². The van der Waals surface area contributed by atoms with E-state index in [2.05, 4.69) is 15.9 Å². The number of nitrogens with zero attached hydrogens (tertiary/aromatic N) is 1. The Kier molecular flexibility index (Phi) is 4.96. The van der Waals surface area contributed by atoms with Gasteiger partial charge in [-0.2, -0.15) is 4.31 Å². The number of hydrogen-bond donors (Lipinski definition) is 0. The molecular formula is C15H16BrNO2S. The van der Waals surface area contributed by atoms with Crippen molar-refractivity contribution in [1.29, 1.82) is 0 Å². The third-order valence-electron chi connectivity index (χ3n) is 3.03. The molecule has 0 fully saturated rings. The number of hydrogen-bond acceptors (Lipinski definition) is 2. The van der Waals surface area contributed by atoms with Crippen LogP contribution in [0.25, 0.3) is 0 Å². The van der Waals surface area contributed by atoms with Crippen molar-refractivity contribution in [1.82, 2.24) is 4.31 Å². The first-order valence-corrected chi connectivity index (χ1v) is 8.75. The summed E-state index contributed by atoms with van der Waals surface area (Å²) in [4.78, 5) is 0.319. The van der Waals surface area contributed by atoms with E-state index in [-0.39, 0.29) is 0 Å². The molecule has 0 bridgehead atoms. The minimum Gasteiger partial charge on any atom is -0.207 e. The second-order valence-corrected chi connectivity index (χ2v) is 7.13. The first-order chi connectivity index (χ1) is 9.54. The monoisotopic (exact) mass is 353 g/mol. The van der Waals surface area contributed by atoms with Crippen molar-refractivity contribution < 1.29 is 8.42 Å². The predicted molar refractivity (Wildman–Crippen MR) is 84.2 cm³/mol. The SMILES string of the molecule is CN(Cc1ccc(CBr)cc1)S(=O)(=O)c1ccccc1. The highest BCUT2D eigenvalue weighted by Gasteiger charge is 2.20. The van der Waals surface area contributed by atoms with E-state index in [1.165, 1.54) is 9.87 Å². The van der Waals surface area contributed by atoms with Gasteiger partial charge in [0.2, 0.25) is 10.0 Å². The second-order valence-electron chi connectivity index (χ2n) is 4.52. The predicted octanol–water partition coefficient (Wildman–Crippen LogP) is 3.40. The van der Waals surface area contributed by atoms with Gasteiger partial charge in [0, 0.05) is 18.9 Å². The Morgan fingerprint density at radius 2 is 1.50 bits per heavy atom. The van der Waals surface area contributed by atoms with Gasteiger partial charge in [0.25, 0.3) is 0 Å². The summed E-state index contributed by atoms with van der Waals surface area (Å²) in [6.07, 6.45) is 0. The van der Waals surface area contributed by atoms with Gasteiger partial charge in [-0.05, 0) is 23.3 Å².